The predicted octanol–water partition coefficient (Wildman–Crippen LogP) is 2.23. The number of hydrogen-bond acceptors (Lipinski definition) is 4. The van der Waals surface area contributed by atoms with Gasteiger partial charge in [-0.05, 0) is 32.2 Å². The van der Waals surface area contributed by atoms with E-state index < -0.39 is 4.92 Å². The molecule has 1 saturated heterocycles. The number of aromatic amines is 1. The number of piperidine rings is 1. The Bertz CT molecular complexity index is 483. The SMILES string of the molecule is CC1CCN(CC(=O)c2cc([N+](=O)[O-])c[nH]2)C(C)C1. The summed E-state index contributed by atoms with van der Waals surface area (Å²) < 4.78 is 0. The van der Waals surface area contributed by atoms with E-state index in [9.17, 15) is 14.9 Å². The van der Waals surface area contributed by atoms with Crippen LogP contribution in [-0.2, 0) is 0 Å². The van der Waals surface area contributed by atoms with Gasteiger partial charge in [0.25, 0.3) is 5.69 Å². The van der Waals surface area contributed by atoms with E-state index in [0.717, 1.165) is 19.4 Å². The summed E-state index contributed by atoms with van der Waals surface area (Å²) in [6, 6.07) is 1.69. The number of nitrogens with one attached hydrogen (secondary N) is 1. The van der Waals surface area contributed by atoms with E-state index in [1.54, 1.807) is 0 Å². The molecule has 1 aliphatic heterocycles. The average molecular weight is 265 g/mol. The Morgan fingerprint density at radius 1 is 1.58 bits per heavy atom. The molecule has 2 rings (SSSR count). The van der Waals surface area contributed by atoms with Crippen LogP contribution in [0.3, 0.4) is 0 Å². The maximum Gasteiger partial charge on any atom is 0.287 e. The van der Waals surface area contributed by atoms with E-state index >= 15 is 0 Å². The Labute approximate surface area is 111 Å². The molecule has 0 amide bonds. The molecule has 0 saturated carbocycles. The first-order valence-electron chi connectivity index (χ1n) is 6.57. The van der Waals surface area contributed by atoms with Crippen LogP contribution < -0.4 is 0 Å². The van der Waals surface area contributed by atoms with Crippen LogP contribution in [0.5, 0.6) is 0 Å². The summed E-state index contributed by atoms with van der Waals surface area (Å²) in [5, 5.41) is 10.6. The number of aromatic nitrogens is 1. The van der Waals surface area contributed by atoms with Crippen LogP contribution in [0.25, 0.3) is 0 Å². The van der Waals surface area contributed by atoms with Crippen LogP contribution in [0, 0.1) is 16.0 Å². The normalized spacial score (nSPS) is 24.3. The number of nitrogens with zero attached hydrogens (tertiary/aromatic N) is 2. The summed E-state index contributed by atoms with van der Waals surface area (Å²) >= 11 is 0. The summed E-state index contributed by atoms with van der Waals surface area (Å²) in [6.07, 6.45) is 3.45. The second-order valence-corrected chi connectivity index (χ2v) is 5.40. The highest BCUT2D eigenvalue weighted by Gasteiger charge is 2.25. The zero-order valence-corrected chi connectivity index (χ0v) is 11.3. The first-order chi connectivity index (χ1) is 8.97. The molecule has 0 spiro atoms. The predicted molar refractivity (Wildman–Crippen MR) is 71.2 cm³/mol. The fourth-order valence-corrected chi connectivity index (χ4v) is 2.61. The molecule has 1 N–H and O–H groups in total. The number of ketones is 1. The number of carbonyl (C=O) groups excluding carboxylic acids is 1. The van der Waals surface area contributed by atoms with Gasteiger partial charge in [-0.2, -0.15) is 0 Å². The van der Waals surface area contributed by atoms with Crippen molar-refractivity contribution in [2.75, 3.05) is 13.1 Å². The zero-order valence-electron chi connectivity index (χ0n) is 11.3. The molecule has 2 unspecified atom stereocenters. The Morgan fingerprint density at radius 3 is 2.89 bits per heavy atom. The van der Waals surface area contributed by atoms with Crippen molar-refractivity contribution in [3.8, 4) is 0 Å². The topological polar surface area (TPSA) is 79.2 Å². The molecule has 2 atom stereocenters. The van der Waals surface area contributed by atoms with E-state index in [0.29, 0.717) is 24.2 Å². The summed E-state index contributed by atoms with van der Waals surface area (Å²) in [5.41, 5.74) is 0.251. The molecule has 104 valence electrons. The molecule has 6 heteroatoms. The minimum absolute atomic E-state index is 0.0661. The van der Waals surface area contributed by atoms with Crippen molar-refractivity contribution in [3.63, 3.8) is 0 Å². The number of H-pyrrole nitrogens is 1. The fourth-order valence-electron chi connectivity index (χ4n) is 2.61. The van der Waals surface area contributed by atoms with Gasteiger partial charge in [0.2, 0.25) is 0 Å². The van der Waals surface area contributed by atoms with Crippen molar-refractivity contribution in [2.24, 2.45) is 5.92 Å². The standard InChI is InChI=1S/C13H19N3O3/c1-9-3-4-15(10(2)5-9)8-13(17)12-6-11(7-14-12)16(18)19/h6-7,9-10,14H,3-5,8H2,1-2H3. The molecule has 0 aliphatic carbocycles. The highest BCUT2D eigenvalue weighted by molar-refractivity contribution is 5.96. The van der Waals surface area contributed by atoms with Crippen molar-refractivity contribution in [1.82, 2.24) is 9.88 Å². The lowest BCUT2D eigenvalue weighted by molar-refractivity contribution is -0.384. The fraction of sp³-hybridized carbons (Fsp3) is 0.615. The second-order valence-electron chi connectivity index (χ2n) is 5.40. The van der Waals surface area contributed by atoms with Crippen LogP contribution in [-0.4, -0.2) is 39.7 Å². The van der Waals surface area contributed by atoms with Gasteiger partial charge in [-0.25, -0.2) is 0 Å². The second kappa shape index (κ2) is 5.52. The molecule has 1 aliphatic rings. The summed E-state index contributed by atoms with van der Waals surface area (Å²) in [6.45, 7) is 5.59. The van der Waals surface area contributed by atoms with Crippen LogP contribution in [0.1, 0.15) is 37.2 Å². The van der Waals surface area contributed by atoms with Crippen LogP contribution in [0.15, 0.2) is 12.3 Å². The Morgan fingerprint density at radius 2 is 2.32 bits per heavy atom. The summed E-state index contributed by atoms with van der Waals surface area (Å²) in [4.78, 5) is 27.0. The third-order valence-corrected chi connectivity index (χ3v) is 3.80. The number of nitro groups is 1. The average Bonchev–Trinajstić information content (AvgIpc) is 2.82. The molecule has 0 aromatic carbocycles. The highest BCUT2D eigenvalue weighted by atomic mass is 16.6. The van der Waals surface area contributed by atoms with Gasteiger partial charge in [0.05, 0.1) is 23.4 Å². The third kappa shape index (κ3) is 3.20. The number of carbonyl (C=O) groups is 1. The van der Waals surface area contributed by atoms with E-state index in [4.69, 9.17) is 0 Å². The van der Waals surface area contributed by atoms with Crippen molar-refractivity contribution >= 4 is 11.5 Å². The van der Waals surface area contributed by atoms with Gasteiger partial charge < -0.3 is 4.98 Å². The lowest BCUT2D eigenvalue weighted by atomic mass is 9.93. The van der Waals surface area contributed by atoms with Gasteiger partial charge >= 0.3 is 0 Å². The van der Waals surface area contributed by atoms with E-state index in [1.165, 1.54) is 12.3 Å². The zero-order chi connectivity index (χ0) is 14.0. The van der Waals surface area contributed by atoms with Gasteiger partial charge in [-0.3, -0.25) is 19.8 Å². The van der Waals surface area contributed by atoms with E-state index in [2.05, 4.69) is 23.7 Å². The molecule has 1 fully saturated rings. The quantitative estimate of drug-likeness (QED) is 0.514. The number of Topliss-reactive ketones (excluding diaryl/α,β-unsaturated/α-hetero) is 1. The molecule has 2 heterocycles. The maximum absolute atomic E-state index is 12.1. The monoisotopic (exact) mass is 265 g/mol. The third-order valence-electron chi connectivity index (χ3n) is 3.80. The van der Waals surface area contributed by atoms with Crippen LogP contribution in [0.2, 0.25) is 0 Å². The van der Waals surface area contributed by atoms with E-state index in [1.807, 2.05) is 0 Å². The number of likely N-dealkylation sites (tertiary alicyclic amines) is 1. The van der Waals surface area contributed by atoms with Crippen molar-refractivity contribution in [2.45, 2.75) is 32.7 Å². The van der Waals surface area contributed by atoms with Gasteiger partial charge in [0, 0.05) is 12.1 Å². The van der Waals surface area contributed by atoms with Crippen LogP contribution in [0.4, 0.5) is 5.69 Å². The molecule has 0 bridgehead atoms. The van der Waals surface area contributed by atoms with Crippen LogP contribution >= 0.6 is 0 Å². The minimum Gasteiger partial charge on any atom is -0.353 e. The Balaban J connectivity index is 1.98. The summed E-state index contributed by atoms with van der Waals surface area (Å²) in [5.74, 6) is 0.613. The first-order valence-corrected chi connectivity index (χ1v) is 6.57. The molecule has 6 nitrogen and oxygen atoms in total. The highest BCUT2D eigenvalue weighted by Crippen LogP contribution is 2.22. The number of rotatable bonds is 4. The lowest BCUT2D eigenvalue weighted by Crippen LogP contribution is -2.43. The van der Waals surface area contributed by atoms with Gasteiger partial charge in [0.15, 0.2) is 5.78 Å². The minimum atomic E-state index is -0.502. The molecular weight excluding hydrogens is 246 g/mol. The Hall–Kier alpha value is -1.69. The van der Waals surface area contributed by atoms with Crippen molar-refractivity contribution in [1.29, 1.82) is 0 Å². The summed E-state index contributed by atoms with van der Waals surface area (Å²) in [7, 11) is 0. The van der Waals surface area contributed by atoms with Gasteiger partial charge in [-0.1, -0.05) is 6.92 Å². The van der Waals surface area contributed by atoms with Gasteiger partial charge in [0.1, 0.15) is 0 Å². The van der Waals surface area contributed by atoms with Crippen molar-refractivity contribution in [3.05, 3.63) is 28.1 Å². The molecular formula is C13H19N3O3. The first kappa shape index (κ1) is 13.7. The maximum atomic E-state index is 12.1. The van der Waals surface area contributed by atoms with Gasteiger partial charge in [-0.15, -0.1) is 0 Å². The molecule has 1 aromatic rings. The molecule has 1 aromatic heterocycles. The van der Waals surface area contributed by atoms with E-state index in [-0.39, 0.29) is 11.5 Å². The largest absolute Gasteiger partial charge is 0.353 e. The molecule has 19 heavy (non-hydrogen) atoms. The lowest BCUT2D eigenvalue weighted by Gasteiger charge is -2.35. The molecule has 0 radical (unpaired) electrons. The number of hydrogen-bond donors (Lipinski definition) is 1. The smallest absolute Gasteiger partial charge is 0.287 e. The Kier molecular flexibility index (Phi) is 3.99. The van der Waals surface area contributed by atoms with Crippen molar-refractivity contribution < 1.29 is 9.72 Å².